The molecule has 2 heterocycles. The second-order valence-corrected chi connectivity index (χ2v) is 9.13. The van der Waals surface area contributed by atoms with Crippen LogP contribution in [-0.2, 0) is 4.74 Å². The van der Waals surface area contributed by atoms with Crippen molar-refractivity contribution >= 4 is 28.4 Å². The number of rotatable bonds is 7. The van der Waals surface area contributed by atoms with Gasteiger partial charge >= 0.3 is 0 Å². The summed E-state index contributed by atoms with van der Waals surface area (Å²) >= 11 is 0. The molecule has 9 heteroatoms. The lowest BCUT2D eigenvalue weighted by Crippen LogP contribution is -2.36. The van der Waals surface area contributed by atoms with Gasteiger partial charge in [0.2, 0.25) is 0 Å². The van der Waals surface area contributed by atoms with Gasteiger partial charge in [-0.2, -0.15) is 0 Å². The quantitative estimate of drug-likeness (QED) is 0.474. The Balaban J connectivity index is 1.88. The molecule has 2 aromatic carbocycles. The van der Waals surface area contributed by atoms with E-state index in [0.29, 0.717) is 61.1 Å². The molecular weight excluding hydrogens is 468 g/mol. The minimum absolute atomic E-state index is 0.219. The smallest absolute Gasteiger partial charge is 0.253 e. The zero-order chi connectivity index (χ0) is 26.0. The predicted molar refractivity (Wildman–Crippen MR) is 136 cm³/mol. The lowest BCUT2D eigenvalue weighted by molar-refractivity contribution is 0.0795. The zero-order valence-corrected chi connectivity index (χ0v) is 21.0. The second-order valence-electron chi connectivity index (χ2n) is 9.13. The van der Waals surface area contributed by atoms with Crippen molar-refractivity contribution in [1.29, 1.82) is 0 Å². The van der Waals surface area contributed by atoms with Gasteiger partial charge in [0, 0.05) is 62.7 Å². The third kappa shape index (κ3) is 5.21. The van der Waals surface area contributed by atoms with Gasteiger partial charge in [0.15, 0.2) is 11.3 Å². The average molecular weight is 500 g/mol. The van der Waals surface area contributed by atoms with E-state index in [0.717, 1.165) is 12.5 Å². The van der Waals surface area contributed by atoms with Crippen molar-refractivity contribution in [3.63, 3.8) is 0 Å². The minimum atomic E-state index is -0.694. The summed E-state index contributed by atoms with van der Waals surface area (Å²) in [7, 11) is 3.41. The first-order valence-electron chi connectivity index (χ1n) is 12.1. The standard InChI is InChI=1S/C27H31F2N3O4/c1-5-6-30(3)27(34)18-11-22(17(2)31(4)21-14-19(28)13-20(29)15-21)26-23(12-18)24(33)16-25(36-26)32-7-9-35-10-8-32/h11-17H,5-10H2,1-4H3. The van der Waals surface area contributed by atoms with Crippen molar-refractivity contribution in [2.24, 2.45) is 0 Å². The molecule has 1 unspecified atom stereocenters. The molecule has 36 heavy (non-hydrogen) atoms. The normalized spacial score (nSPS) is 14.7. The van der Waals surface area contributed by atoms with Gasteiger partial charge in [-0.3, -0.25) is 9.59 Å². The van der Waals surface area contributed by atoms with E-state index in [1.165, 1.54) is 18.2 Å². The number of hydrogen-bond donors (Lipinski definition) is 0. The summed E-state index contributed by atoms with van der Waals surface area (Å²) in [4.78, 5) is 31.7. The lowest BCUT2D eigenvalue weighted by atomic mass is 9.99. The molecule has 4 rings (SSSR count). The monoisotopic (exact) mass is 499 g/mol. The molecule has 1 atom stereocenters. The number of halogens is 2. The number of amides is 1. The molecule has 0 radical (unpaired) electrons. The Hall–Kier alpha value is -3.46. The van der Waals surface area contributed by atoms with E-state index >= 15 is 0 Å². The summed E-state index contributed by atoms with van der Waals surface area (Å²) in [5, 5.41) is 0.281. The molecule has 192 valence electrons. The van der Waals surface area contributed by atoms with Crippen molar-refractivity contribution in [3.8, 4) is 0 Å². The lowest BCUT2D eigenvalue weighted by Gasteiger charge is -2.30. The number of morpholine rings is 1. The van der Waals surface area contributed by atoms with Crippen LogP contribution in [0.3, 0.4) is 0 Å². The van der Waals surface area contributed by atoms with Gasteiger partial charge in [-0.1, -0.05) is 6.92 Å². The molecule has 1 aromatic heterocycles. The Morgan fingerprint density at radius 3 is 2.36 bits per heavy atom. The summed E-state index contributed by atoms with van der Waals surface area (Å²) in [6, 6.07) is 7.52. The maximum Gasteiger partial charge on any atom is 0.253 e. The zero-order valence-electron chi connectivity index (χ0n) is 21.0. The molecule has 0 saturated carbocycles. The molecule has 1 fully saturated rings. The highest BCUT2D eigenvalue weighted by Crippen LogP contribution is 2.33. The average Bonchev–Trinajstić information content (AvgIpc) is 2.87. The summed E-state index contributed by atoms with van der Waals surface area (Å²) in [5.74, 6) is -1.19. The van der Waals surface area contributed by atoms with E-state index in [9.17, 15) is 18.4 Å². The van der Waals surface area contributed by atoms with E-state index in [1.807, 2.05) is 18.7 Å². The summed E-state index contributed by atoms with van der Waals surface area (Å²) in [6.07, 6.45) is 0.790. The predicted octanol–water partition coefficient (Wildman–Crippen LogP) is 4.59. The third-order valence-corrected chi connectivity index (χ3v) is 6.61. The van der Waals surface area contributed by atoms with Crippen molar-refractivity contribution in [3.05, 3.63) is 69.4 Å². The largest absolute Gasteiger partial charge is 0.440 e. The van der Waals surface area contributed by atoms with Crippen LogP contribution in [0.25, 0.3) is 11.0 Å². The van der Waals surface area contributed by atoms with Gasteiger partial charge in [0.1, 0.15) is 17.2 Å². The summed E-state index contributed by atoms with van der Waals surface area (Å²) < 4.78 is 39.6. The first-order chi connectivity index (χ1) is 17.2. The molecule has 0 bridgehead atoms. The molecule has 1 aliphatic rings. The fourth-order valence-electron chi connectivity index (χ4n) is 4.48. The highest BCUT2D eigenvalue weighted by atomic mass is 19.1. The highest BCUT2D eigenvalue weighted by Gasteiger charge is 2.24. The van der Waals surface area contributed by atoms with Gasteiger partial charge < -0.3 is 23.9 Å². The Kier molecular flexibility index (Phi) is 7.59. The fourth-order valence-corrected chi connectivity index (χ4v) is 4.48. The van der Waals surface area contributed by atoms with Crippen molar-refractivity contribution in [1.82, 2.24) is 4.90 Å². The van der Waals surface area contributed by atoms with E-state index in [1.54, 1.807) is 36.0 Å². The highest BCUT2D eigenvalue weighted by molar-refractivity contribution is 5.98. The number of hydrogen-bond acceptors (Lipinski definition) is 6. The number of nitrogens with zero attached hydrogens (tertiary/aromatic N) is 3. The summed E-state index contributed by atoms with van der Waals surface area (Å²) in [5.41, 5.74) is 1.32. The molecule has 1 amide bonds. The Labute approximate surface area is 208 Å². The number of ether oxygens (including phenoxy) is 1. The van der Waals surface area contributed by atoms with E-state index in [-0.39, 0.29) is 16.7 Å². The minimum Gasteiger partial charge on any atom is -0.440 e. The van der Waals surface area contributed by atoms with Crippen LogP contribution in [-0.4, -0.2) is 57.8 Å². The van der Waals surface area contributed by atoms with Crippen LogP contribution >= 0.6 is 0 Å². The van der Waals surface area contributed by atoms with Gasteiger partial charge in [-0.25, -0.2) is 8.78 Å². The van der Waals surface area contributed by atoms with E-state index in [4.69, 9.17) is 9.15 Å². The molecule has 0 spiro atoms. The van der Waals surface area contributed by atoms with E-state index < -0.39 is 17.7 Å². The first kappa shape index (κ1) is 25.6. The SMILES string of the molecule is CCCN(C)C(=O)c1cc(C(C)N(C)c2cc(F)cc(F)c2)c2oc(N3CCOCC3)cc(=O)c2c1. The van der Waals surface area contributed by atoms with Gasteiger partial charge in [-0.15, -0.1) is 0 Å². The van der Waals surface area contributed by atoms with Crippen LogP contribution in [0, 0.1) is 11.6 Å². The molecular formula is C27H31F2N3O4. The molecule has 1 aliphatic heterocycles. The number of carbonyl (C=O) groups excluding carboxylic acids is 1. The maximum atomic E-state index is 14.0. The van der Waals surface area contributed by atoms with Gasteiger partial charge in [0.25, 0.3) is 5.91 Å². The molecule has 0 N–H and O–H groups in total. The number of anilines is 2. The van der Waals surface area contributed by atoms with Crippen LogP contribution in [0.5, 0.6) is 0 Å². The molecule has 0 aliphatic carbocycles. The van der Waals surface area contributed by atoms with E-state index in [2.05, 4.69) is 0 Å². The Morgan fingerprint density at radius 1 is 1.06 bits per heavy atom. The second kappa shape index (κ2) is 10.7. The van der Waals surface area contributed by atoms with Crippen LogP contribution in [0.15, 0.2) is 45.6 Å². The van der Waals surface area contributed by atoms with Crippen molar-refractivity contribution < 1.29 is 22.7 Å². The molecule has 1 saturated heterocycles. The van der Waals surface area contributed by atoms with Crippen LogP contribution in [0.4, 0.5) is 20.4 Å². The van der Waals surface area contributed by atoms with Crippen LogP contribution in [0.1, 0.15) is 42.2 Å². The summed E-state index contributed by atoms with van der Waals surface area (Å²) in [6.45, 7) is 6.59. The van der Waals surface area contributed by atoms with Crippen LogP contribution < -0.4 is 15.2 Å². The maximum absolute atomic E-state index is 14.0. The Morgan fingerprint density at radius 2 is 1.72 bits per heavy atom. The first-order valence-corrected chi connectivity index (χ1v) is 12.1. The number of carbonyl (C=O) groups is 1. The van der Waals surface area contributed by atoms with Crippen LogP contribution in [0.2, 0.25) is 0 Å². The number of benzene rings is 2. The third-order valence-electron chi connectivity index (χ3n) is 6.61. The number of fused-ring (bicyclic) bond motifs is 1. The fraction of sp³-hybridized carbons (Fsp3) is 0.407. The Bertz CT molecular complexity index is 1300. The topological polar surface area (TPSA) is 66.2 Å². The van der Waals surface area contributed by atoms with Gasteiger partial charge in [-0.05, 0) is 37.6 Å². The van der Waals surface area contributed by atoms with Crippen molar-refractivity contribution in [2.75, 3.05) is 56.7 Å². The van der Waals surface area contributed by atoms with Crippen molar-refractivity contribution in [2.45, 2.75) is 26.3 Å². The molecule has 7 nitrogen and oxygen atoms in total. The van der Waals surface area contributed by atoms with Gasteiger partial charge in [0.05, 0.1) is 24.6 Å². The molecule has 3 aromatic rings.